The molecule has 140 valence electrons. The van der Waals surface area contributed by atoms with Crippen LogP contribution >= 0.6 is 0 Å². The molecule has 0 N–H and O–H groups in total. The SMILES string of the molecule is CCN1CCN(Cc2ccc(OC)c(OCOC(=O)N(C)C)c2)CC1. The molecule has 0 aromatic heterocycles. The number of benzene rings is 1. The average molecular weight is 351 g/mol. The molecule has 1 aliphatic heterocycles. The van der Waals surface area contributed by atoms with E-state index >= 15 is 0 Å². The Morgan fingerprint density at radius 2 is 1.80 bits per heavy atom. The third kappa shape index (κ3) is 5.79. The smallest absolute Gasteiger partial charge is 0.412 e. The van der Waals surface area contributed by atoms with E-state index in [9.17, 15) is 4.79 Å². The highest BCUT2D eigenvalue weighted by Crippen LogP contribution is 2.28. The largest absolute Gasteiger partial charge is 0.493 e. The van der Waals surface area contributed by atoms with Crippen LogP contribution < -0.4 is 9.47 Å². The first-order chi connectivity index (χ1) is 12.0. The monoisotopic (exact) mass is 351 g/mol. The molecular formula is C18H29N3O4. The molecule has 0 radical (unpaired) electrons. The molecule has 0 saturated carbocycles. The van der Waals surface area contributed by atoms with Gasteiger partial charge in [0.05, 0.1) is 7.11 Å². The highest BCUT2D eigenvalue weighted by molar-refractivity contribution is 5.66. The first-order valence-electron chi connectivity index (χ1n) is 8.62. The molecule has 0 spiro atoms. The van der Waals surface area contributed by atoms with E-state index in [0.717, 1.165) is 44.8 Å². The Labute approximate surface area is 150 Å². The van der Waals surface area contributed by atoms with Gasteiger partial charge in [-0.1, -0.05) is 13.0 Å². The van der Waals surface area contributed by atoms with E-state index in [1.807, 2.05) is 18.2 Å². The molecular weight excluding hydrogens is 322 g/mol. The minimum absolute atomic E-state index is 0.147. The lowest BCUT2D eigenvalue weighted by Crippen LogP contribution is -2.45. The van der Waals surface area contributed by atoms with Crippen molar-refractivity contribution in [2.24, 2.45) is 0 Å². The van der Waals surface area contributed by atoms with Gasteiger partial charge in [-0.15, -0.1) is 0 Å². The molecule has 0 atom stereocenters. The Bertz CT molecular complexity index is 557. The number of carbonyl (C=O) groups is 1. The Kier molecular flexibility index (Phi) is 7.33. The van der Waals surface area contributed by atoms with E-state index in [2.05, 4.69) is 16.7 Å². The molecule has 0 bridgehead atoms. The molecule has 2 rings (SSSR count). The van der Waals surface area contributed by atoms with Gasteiger partial charge in [-0.05, 0) is 24.2 Å². The fourth-order valence-corrected chi connectivity index (χ4v) is 2.73. The molecule has 1 aliphatic rings. The summed E-state index contributed by atoms with van der Waals surface area (Å²) in [5, 5.41) is 0. The molecule has 1 aromatic carbocycles. The highest BCUT2D eigenvalue weighted by Gasteiger charge is 2.16. The number of rotatable bonds is 7. The van der Waals surface area contributed by atoms with Crippen LogP contribution in [0.3, 0.4) is 0 Å². The third-order valence-corrected chi connectivity index (χ3v) is 4.31. The van der Waals surface area contributed by atoms with Gasteiger partial charge in [0.2, 0.25) is 6.79 Å². The van der Waals surface area contributed by atoms with Crippen molar-refractivity contribution in [3.63, 3.8) is 0 Å². The standard InChI is InChI=1S/C18H29N3O4/c1-5-20-8-10-21(11-9-20)13-15-6-7-16(23-4)17(12-15)24-14-25-18(22)19(2)3/h6-7,12H,5,8-11,13-14H2,1-4H3. The number of carbonyl (C=O) groups excluding carboxylic acids is 1. The Morgan fingerprint density at radius 3 is 2.40 bits per heavy atom. The number of ether oxygens (including phenoxy) is 3. The molecule has 0 unspecified atom stereocenters. The van der Waals surface area contributed by atoms with Crippen molar-refractivity contribution in [1.29, 1.82) is 0 Å². The zero-order valence-corrected chi connectivity index (χ0v) is 15.7. The minimum Gasteiger partial charge on any atom is -0.493 e. The topological polar surface area (TPSA) is 54.5 Å². The lowest BCUT2D eigenvalue weighted by atomic mass is 10.1. The van der Waals surface area contributed by atoms with E-state index in [1.165, 1.54) is 4.90 Å². The van der Waals surface area contributed by atoms with E-state index in [1.54, 1.807) is 21.2 Å². The van der Waals surface area contributed by atoms with Crippen molar-refractivity contribution in [2.75, 3.05) is 60.7 Å². The fraction of sp³-hybridized carbons (Fsp3) is 0.611. The summed E-state index contributed by atoms with van der Waals surface area (Å²) >= 11 is 0. The first kappa shape index (κ1) is 19.3. The van der Waals surface area contributed by atoms with E-state index in [4.69, 9.17) is 14.2 Å². The van der Waals surface area contributed by atoms with Gasteiger partial charge >= 0.3 is 6.09 Å². The fourth-order valence-electron chi connectivity index (χ4n) is 2.73. The molecule has 7 heteroatoms. The van der Waals surface area contributed by atoms with Gasteiger partial charge in [-0.3, -0.25) is 4.90 Å². The number of amides is 1. The molecule has 1 fully saturated rings. The molecule has 1 saturated heterocycles. The van der Waals surface area contributed by atoms with Crippen LogP contribution in [-0.4, -0.2) is 81.5 Å². The minimum atomic E-state index is -0.441. The van der Waals surface area contributed by atoms with Gasteiger partial charge in [-0.2, -0.15) is 0 Å². The van der Waals surface area contributed by atoms with Crippen molar-refractivity contribution >= 4 is 6.09 Å². The Balaban J connectivity index is 1.93. The van der Waals surface area contributed by atoms with Crippen molar-refractivity contribution in [2.45, 2.75) is 13.5 Å². The van der Waals surface area contributed by atoms with Crippen LogP contribution in [0.2, 0.25) is 0 Å². The maximum absolute atomic E-state index is 11.5. The number of methoxy groups -OCH3 is 1. The number of nitrogens with zero attached hydrogens (tertiary/aromatic N) is 3. The van der Waals surface area contributed by atoms with Gasteiger partial charge in [0.25, 0.3) is 0 Å². The summed E-state index contributed by atoms with van der Waals surface area (Å²) in [5.41, 5.74) is 1.15. The summed E-state index contributed by atoms with van der Waals surface area (Å²) in [6.45, 7) is 8.38. The number of piperazine rings is 1. The van der Waals surface area contributed by atoms with Gasteiger partial charge in [0.1, 0.15) is 0 Å². The molecule has 1 aromatic rings. The van der Waals surface area contributed by atoms with Crippen LogP contribution in [0.1, 0.15) is 12.5 Å². The lowest BCUT2D eigenvalue weighted by molar-refractivity contribution is 0.0418. The summed E-state index contributed by atoms with van der Waals surface area (Å²) < 4.78 is 15.9. The zero-order valence-electron chi connectivity index (χ0n) is 15.7. The zero-order chi connectivity index (χ0) is 18.2. The van der Waals surface area contributed by atoms with E-state index in [0.29, 0.717) is 11.5 Å². The van der Waals surface area contributed by atoms with Crippen LogP contribution in [0.4, 0.5) is 4.79 Å². The maximum atomic E-state index is 11.5. The average Bonchev–Trinajstić information content (AvgIpc) is 2.62. The summed E-state index contributed by atoms with van der Waals surface area (Å²) in [5.74, 6) is 1.21. The van der Waals surface area contributed by atoms with Crippen molar-refractivity contribution in [3.05, 3.63) is 23.8 Å². The molecule has 1 amide bonds. The van der Waals surface area contributed by atoms with Crippen molar-refractivity contribution < 1.29 is 19.0 Å². The summed E-state index contributed by atoms with van der Waals surface area (Å²) in [6, 6.07) is 5.89. The van der Waals surface area contributed by atoms with E-state index in [-0.39, 0.29) is 6.79 Å². The number of hydrogen-bond acceptors (Lipinski definition) is 6. The summed E-state index contributed by atoms with van der Waals surface area (Å²) in [4.78, 5) is 17.7. The normalized spacial score (nSPS) is 15.7. The van der Waals surface area contributed by atoms with Gasteiger partial charge in [-0.25, -0.2) is 4.79 Å². The highest BCUT2D eigenvalue weighted by atomic mass is 16.7. The predicted octanol–water partition coefficient (Wildman–Crippen LogP) is 1.87. The van der Waals surface area contributed by atoms with Crippen LogP contribution in [-0.2, 0) is 11.3 Å². The van der Waals surface area contributed by atoms with Crippen LogP contribution in [0, 0.1) is 0 Å². The number of likely N-dealkylation sites (N-methyl/N-ethyl adjacent to an activating group) is 1. The second kappa shape index (κ2) is 9.48. The quantitative estimate of drug-likeness (QED) is 0.699. The summed E-state index contributed by atoms with van der Waals surface area (Å²) in [6.07, 6.45) is -0.441. The Hall–Kier alpha value is -1.99. The van der Waals surface area contributed by atoms with Gasteiger partial charge < -0.3 is 24.0 Å². The first-order valence-corrected chi connectivity index (χ1v) is 8.62. The van der Waals surface area contributed by atoms with E-state index < -0.39 is 6.09 Å². The number of hydrogen-bond donors (Lipinski definition) is 0. The van der Waals surface area contributed by atoms with Crippen LogP contribution in [0.25, 0.3) is 0 Å². The van der Waals surface area contributed by atoms with Crippen molar-refractivity contribution in [3.8, 4) is 11.5 Å². The molecule has 0 aliphatic carbocycles. The predicted molar refractivity (Wildman–Crippen MR) is 96.0 cm³/mol. The molecule has 7 nitrogen and oxygen atoms in total. The molecule has 1 heterocycles. The maximum Gasteiger partial charge on any atom is 0.412 e. The van der Waals surface area contributed by atoms with Crippen molar-refractivity contribution in [1.82, 2.24) is 14.7 Å². The molecule has 25 heavy (non-hydrogen) atoms. The third-order valence-electron chi connectivity index (χ3n) is 4.31. The summed E-state index contributed by atoms with van der Waals surface area (Å²) in [7, 11) is 4.85. The lowest BCUT2D eigenvalue weighted by Gasteiger charge is -2.34. The van der Waals surface area contributed by atoms with Crippen LogP contribution in [0.15, 0.2) is 18.2 Å². The Morgan fingerprint density at radius 1 is 1.12 bits per heavy atom. The van der Waals surface area contributed by atoms with Gasteiger partial charge in [0, 0.05) is 46.8 Å². The second-order valence-electron chi connectivity index (χ2n) is 6.26. The van der Waals surface area contributed by atoms with Gasteiger partial charge in [0.15, 0.2) is 11.5 Å². The second-order valence-corrected chi connectivity index (χ2v) is 6.26. The van der Waals surface area contributed by atoms with Crippen LogP contribution in [0.5, 0.6) is 11.5 Å².